The molecule has 1 unspecified atom stereocenters. The third kappa shape index (κ3) is 4.97. The zero-order valence-corrected chi connectivity index (χ0v) is 15.7. The fraction of sp³-hybridized carbons (Fsp3) is 0.286. The first-order chi connectivity index (χ1) is 13.6. The minimum absolute atomic E-state index is 0.146. The van der Waals surface area contributed by atoms with Crippen molar-refractivity contribution < 1.29 is 28.6 Å². The Kier molecular flexibility index (Phi) is 6.79. The van der Waals surface area contributed by atoms with Crippen molar-refractivity contribution in [3.05, 3.63) is 71.8 Å². The average molecular weight is 403 g/mol. The maximum Gasteiger partial charge on any atom is 0.338 e. The van der Waals surface area contributed by atoms with E-state index in [-0.39, 0.29) is 24.7 Å². The predicted octanol–water partition coefficient (Wildman–Crippen LogP) is 3.03. The first-order valence-corrected chi connectivity index (χ1v) is 9.34. The summed E-state index contributed by atoms with van der Waals surface area (Å²) in [4.78, 5) is 36.4. The van der Waals surface area contributed by atoms with Crippen LogP contribution >= 0.6 is 11.6 Å². The van der Waals surface area contributed by atoms with Crippen molar-refractivity contribution in [2.45, 2.75) is 24.7 Å². The Morgan fingerprint density at radius 1 is 0.929 bits per heavy atom. The van der Waals surface area contributed by atoms with E-state index in [1.807, 2.05) is 0 Å². The van der Waals surface area contributed by atoms with Crippen LogP contribution in [0.2, 0.25) is 0 Å². The van der Waals surface area contributed by atoms with Gasteiger partial charge in [0.1, 0.15) is 24.9 Å². The molecule has 6 nitrogen and oxygen atoms in total. The monoisotopic (exact) mass is 402 g/mol. The lowest BCUT2D eigenvalue weighted by molar-refractivity contribution is -0.128. The molecule has 0 saturated carbocycles. The van der Waals surface area contributed by atoms with Crippen molar-refractivity contribution >= 4 is 29.3 Å². The average Bonchev–Trinajstić information content (AvgIpc) is 3.15. The van der Waals surface area contributed by atoms with Crippen LogP contribution in [0.3, 0.4) is 0 Å². The lowest BCUT2D eigenvalue weighted by atomic mass is 10.1. The molecule has 146 valence electrons. The summed E-state index contributed by atoms with van der Waals surface area (Å²) in [5.74, 6) is -1.57. The number of hydrogen-bond donors (Lipinski definition) is 0. The van der Waals surface area contributed by atoms with Gasteiger partial charge in [0.15, 0.2) is 5.78 Å². The number of rotatable bonds is 7. The smallest absolute Gasteiger partial charge is 0.338 e. The molecule has 1 aliphatic rings. The van der Waals surface area contributed by atoms with E-state index in [1.54, 1.807) is 60.7 Å². The number of halogens is 1. The van der Waals surface area contributed by atoms with Gasteiger partial charge in [0.05, 0.1) is 17.0 Å². The van der Waals surface area contributed by atoms with Gasteiger partial charge in [-0.05, 0) is 24.3 Å². The van der Waals surface area contributed by atoms with Gasteiger partial charge in [0.25, 0.3) is 0 Å². The zero-order valence-electron chi connectivity index (χ0n) is 15.0. The largest absolute Gasteiger partial charge is 0.459 e. The molecule has 0 N–H and O–H groups in total. The van der Waals surface area contributed by atoms with E-state index >= 15 is 0 Å². The highest BCUT2D eigenvalue weighted by molar-refractivity contribution is 6.28. The predicted molar refractivity (Wildman–Crippen MR) is 101 cm³/mol. The van der Waals surface area contributed by atoms with Gasteiger partial charge in [0, 0.05) is 6.42 Å². The molecule has 1 aliphatic heterocycles. The van der Waals surface area contributed by atoms with Gasteiger partial charge < -0.3 is 14.2 Å². The third-order valence-corrected chi connectivity index (χ3v) is 4.61. The van der Waals surface area contributed by atoms with Crippen LogP contribution in [0.5, 0.6) is 0 Å². The number of esters is 2. The molecular formula is C21H19ClO6. The molecule has 7 heteroatoms. The maximum atomic E-state index is 12.4. The van der Waals surface area contributed by atoms with E-state index in [1.165, 1.54) is 0 Å². The molecule has 0 amide bonds. The second kappa shape index (κ2) is 9.48. The van der Waals surface area contributed by atoms with Crippen molar-refractivity contribution in [2.24, 2.45) is 0 Å². The second-order valence-electron chi connectivity index (χ2n) is 6.27. The van der Waals surface area contributed by atoms with Gasteiger partial charge in [-0.1, -0.05) is 36.4 Å². The summed E-state index contributed by atoms with van der Waals surface area (Å²) >= 11 is 5.61. The number of carbonyl (C=O) groups is 3. The third-order valence-electron chi connectivity index (χ3n) is 4.35. The molecule has 0 aliphatic carbocycles. The zero-order chi connectivity index (χ0) is 19.9. The number of hydrogen-bond acceptors (Lipinski definition) is 6. The molecule has 2 aromatic rings. The standard InChI is InChI=1S/C21H19ClO6/c22-12-16(23)17-11-18(28-21(25)15-9-5-2-6-10-15)19(27-17)13-26-20(24)14-7-3-1-4-8-14/h1-10,17-19H,11-13H2/t17?,18-,19+/m0/s1. The van der Waals surface area contributed by atoms with Crippen LogP contribution in [0.4, 0.5) is 0 Å². The highest BCUT2D eigenvalue weighted by Gasteiger charge is 2.41. The van der Waals surface area contributed by atoms with Crippen LogP contribution in [0.25, 0.3) is 0 Å². The number of benzene rings is 2. The van der Waals surface area contributed by atoms with E-state index in [0.29, 0.717) is 11.1 Å². The van der Waals surface area contributed by atoms with Crippen LogP contribution in [0, 0.1) is 0 Å². The first kappa shape index (κ1) is 20.0. The molecule has 1 heterocycles. The summed E-state index contributed by atoms with van der Waals surface area (Å²) in [6.45, 7) is -0.146. The van der Waals surface area contributed by atoms with Crippen LogP contribution < -0.4 is 0 Å². The Hall–Kier alpha value is -2.70. The highest BCUT2D eigenvalue weighted by atomic mass is 35.5. The molecule has 3 rings (SSSR count). The molecule has 3 atom stereocenters. The van der Waals surface area contributed by atoms with Gasteiger partial charge >= 0.3 is 11.9 Å². The van der Waals surface area contributed by atoms with Gasteiger partial charge in [-0.25, -0.2) is 9.59 Å². The normalized spacial score (nSPS) is 21.1. The number of Topliss-reactive ketones (excluding diaryl/α,β-unsaturated/α-hetero) is 1. The van der Waals surface area contributed by atoms with Crippen LogP contribution in [-0.4, -0.2) is 48.5 Å². The Morgan fingerprint density at radius 2 is 1.50 bits per heavy atom. The van der Waals surface area contributed by atoms with E-state index < -0.39 is 30.3 Å². The molecular weight excluding hydrogens is 384 g/mol. The molecule has 0 radical (unpaired) electrons. The summed E-state index contributed by atoms with van der Waals surface area (Å²) in [5, 5.41) is 0. The Morgan fingerprint density at radius 3 is 2.07 bits per heavy atom. The van der Waals surface area contributed by atoms with Gasteiger partial charge in [-0.15, -0.1) is 11.6 Å². The quantitative estimate of drug-likeness (QED) is 0.523. The number of ether oxygens (including phenoxy) is 3. The van der Waals surface area contributed by atoms with Crippen molar-refractivity contribution in [1.29, 1.82) is 0 Å². The highest BCUT2D eigenvalue weighted by Crippen LogP contribution is 2.26. The number of carbonyl (C=O) groups excluding carboxylic acids is 3. The fourth-order valence-electron chi connectivity index (χ4n) is 2.88. The first-order valence-electron chi connectivity index (χ1n) is 8.81. The van der Waals surface area contributed by atoms with Crippen LogP contribution in [0.15, 0.2) is 60.7 Å². The molecule has 0 spiro atoms. The molecule has 28 heavy (non-hydrogen) atoms. The van der Waals surface area contributed by atoms with Crippen LogP contribution in [-0.2, 0) is 19.0 Å². The molecule has 0 bridgehead atoms. The summed E-state index contributed by atoms with van der Waals surface area (Å²) < 4.78 is 16.5. The second-order valence-corrected chi connectivity index (χ2v) is 6.54. The van der Waals surface area contributed by atoms with Crippen molar-refractivity contribution in [1.82, 2.24) is 0 Å². The maximum absolute atomic E-state index is 12.4. The van der Waals surface area contributed by atoms with Crippen molar-refractivity contribution in [3.8, 4) is 0 Å². The molecule has 1 saturated heterocycles. The summed E-state index contributed by atoms with van der Waals surface area (Å²) in [7, 11) is 0. The summed E-state index contributed by atoms with van der Waals surface area (Å²) in [6, 6.07) is 17.0. The Labute approximate surface area is 167 Å². The lowest BCUT2D eigenvalue weighted by Gasteiger charge is -2.19. The SMILES string of the molecule is O=C(OC[C@H]1OC(C(=O)CCl)C[C@@H]1OC(=O)c1ccccc1)c1ccccc1. The lowest BCUT2D eigenvalue weighted by Crippen LogP contribution is -2.32. The van der Waals surface area contributed by atoms with Crippen molar-refractivity contribution in [2.75, 3.05) is 12.5 Å². The number of ketones is 1. The molecule has 2 aromatic carbocycles. The Bertz CT molecular complexity index is 823. The van der Waals surface area contributed by atoms with Gasteiger partial charge in [-0.3, -0.25) is 4.79 Å². The van der Waals surface area contributed by atoms with Crippen LogP contribution in [0.1, 0.15) is 27.1 Å². The fourth-order valence-corrected chi connectivity index (χ4v) is 3.05. The number of alkyl halides is 1. The Balaban J connectivity index is 1.66. The van der Waals surface area contributed by atoms with E-state index in [0.717, 1.165) is 0 Å². The molecule has 1 fully saturated rings. The summed E-state index contributed by atoms with van der Waals surface area (Å²) in [5.41, 5.74) is 0.779. The van der Waals surface area contributed by atoms with Crippen molar-refractivity contribution in [3.63, 3.8) is 0 Å². The minimum atomic E-state index is -0.800. The van der Waals surface area contributed by atoms with E-state index in [2.05, 4.69) is 0 Å². The molecule has 0 aromatic heterocycles. The van der Waals surface area contributed by atoms with Gasteiger partial charge in [0.2, 0.25) is 0 Å². The van der Waals surface area contributed by atoms with E-state index in [9.17, 15) is 14.4 Å². The van der Waals surface area contributed by atoms with Gasteiger partial charge in [-0.2, -0.15) is 0 Å². The van der Waals surface area contributed by atoms with E-state index in [4.69, 9.17) is 25.8 Å². The topological polar surface area (TPSA) is 78.9 Å². The minimum Gasteiger partial charge on any atom is -0.459 e. The summed E-state index contributed by atoms with van der Waals surface area (Å²) in [6.07, 6.45) is -2.12.